The topological polar surface area (TPSA) is 8.17 Å². The number of aromatic nitrogens is 1. The summed E-state index contributed by atoms with van der Waals surface area (Å²) in [7, 11) is 0. The molecule has 1 aliphatic carbocycles. The summed E-state index contributed by atoms with van der Waals surface area (Å²) in [5.74, 6) is 0. The highest BCUT2D eigenvalue weighted by molar-refractivity contribution is 6.14. The van der Waals surface area contributed by atoms with Crippen LogP contribution in [0, 0.1) is 0 Å². The molecule has 0 atom stereocenters. The number of hydrogen-bond acceptors (Lipinski definition) is 1. The number of hydrogen-bond donors (Lipinski definition) is 0. The molecule has 288 valence electrons. The lowest BCUT2D eigenvalue weighted by molar-refractivity contribution is 0.660. The number of para-hydroxylation sites is 2. The van der Waals surface area contributed by atoms with Crippen LogP contribution in [0.15, 0.2) is 218 Å². The van der Waals surface area contributed by atoms with Crippen molar-refractivity contribution < 1.29 is 0 Å². The summed E-state index contributed by atoms with van der Waals surface area (Å²) < 4.78 is 2.37. The number of anilines is 3. The van der Waals surface area contributed by atoms with Crippen molar-refractivity contribution in [1.82, 2.24) is 4.57 Å². The van der Waals surface area contributed by atoms with Gasteiger partial charge in [0, 0.05) is 38.9 Å². The highest BCUT2D eigenvalue weighted by Crippen LogP contribution is 2.51. The van der Waals surface area contributed by atoms with Crippen LogP contribution in [0.3, 0.4) is 0 Å². The van der Waals surface area contributed by atoms with Gasteiger partial charge in [-0.3, -0.25) is 0 Å². The lowest BCUT2D eigenvalue weighted by Gasteiger charge is -2.28. The number of fused-ring (bicyclic) bond motifs is 9. The molecular formula is C59H42N2. The molecule has 0 N–H and O–H groups in total. The van der Waals surface area contributed by atoms with Gasteiger partial charge < -0.3 is 9.47 Å². The standard InChI is InChI=1S/C59H42N2/c1-59(2)55-22-12-10-20-50(55)51-34-33-46(38-56(51)59)60(45-31-26-40(27-32-45)53-37-42-14-6-7-17-47(42)48-18-8-9-19-49(48)53)44-29-24-39(25-30-44)41-28-35-58-54(36-41)52-21-11-13-23-57(52)61(58)43-15-4-3-5-16-43/h3-38H,1-2H3. The SMILES string of the molecule is CC1(C)c2ccccc2-c2ccc(N(c3ccc(-c4ccc5c(c4)c4ccccc4n5-c4ccccc4)cc3)c3ccc(-c4cc5ccccc5c5ccccc45)cc3)cc21. The fourth-order valence-electron chi connectivity index (χ4n) is 10.2. The van der Waals surface area contributed by atoms with Gasteiger partial charge in [-0.1, -0.05) is 159 Å². The molecule has 0 radical (unpaired) electrons. The van der Waals surface area contributed by atoms with Crippen molar-refractivity contribution >= 4 is 60.4 Å². The minimum Gasteiger partial charge on any atom is -0.310 e. The maximum Gasteiger partial charge on any atom is 0.0541 e. The largest absolute Gasteiger partial charge is 0.310 e. The second kappa shape index (κ2) is 13.7. The lowest BCUT2D eigenvalue weighted by atomic mass is 9.82. The fraction of sp³-hybridized carbons (Fsp3) is 0.0508. The zero-order valence-electron chi connectivity index (χ0n) is 34.2. The quantitative estimate of drug-likeness (QED) is 0.153. The Hall–Kier alpha value is -7.68. The van der Waals surface area contributed by atoms with Crippen LogP contribution < -0.4 is 4.90 Å². The van der Waals surface area contributed by atoms with E-state index >= 15 is 0 Å². The molecule has 2 heteroatoms. The average Bonchev–Trinajstić information content (AvgIpc) is 3.77. The first-order valence-electron chi connectivity index (χ1n) is 21.3. The van der Waals surface area contributed by atoms with Gasteiger partial charge >= 0.3 is 0 Å². The van der Waals surface area contributed by atoms with E-state index in [0.29, 0.717) is 0 Å². The maximum absolute atomic E-state index is 2.42. The van der Waals surface area contributed by atoms with Crippen LogP contribution in [0.2, 0.25) is 0 Å². The molecule has 61 heavy (non-hydrogen) atoms. The lowest BCUT2D eigenvalue weighted by Crippen LogP contribution is -2.16. The van der Waals surface area contributed by atoms with E-state index in [9.17, 15) is 0 Å². The fourth-order valence-corrected chi connectivity index (χ4v) is 10.2. The maximum atomic E-state index is 2.42. The molecule has 12 rings (SSSR count). The first-order valence-corrected chi connectivity index (χ1v) is 21.3. The van der Waals surface area contributed by atoms with E-state index in [4.69, 9.17) is 0 Å². The highest BCUT2D eigenvalue weighted by Gasteiger charge is 2.35. The molecule has 0 amide bonds. The van der Waals surface area contributed by atoms with E-state index < -0.39 is 0 Å². The third-order valence-corrected chi connectivity index (χ3v) is 13.2. The van der Waals surface area contributed by atoms with E-state index in [-0.39, 0.29) is 5.41 Å². The molecule has 10 aromatic carbocycles. The Morgan fingerprint density at radius 1 is 0.344 bits per heavy atom. The Bertz CT molecular complexity index is 3480. The van der Waals surface area contributed by atoms with Gasteiger partial charge in [-0.05, 0) is 139 Å². The van der Waals surface area contributed by atoms with Crippen LogP contribution >= 0.6 is 0 Å². The number of benzene rings is 10. The van der Waals surface area contributed by atoms with Crippen molar-refractivity contribution in [2.75, 3.05) is 4.90 Å². The molecular weight excluding hydrogens is 737 g/mol. The average molecular weight is 779 g/mol. The minimum atomic E-state index is -0.110. The van der Waals surface area contributed by atoms with Gasteiger partial charge in [0.25, 0.3) is 0 Å². The zero-order chi connectivity index (χ0) is 40.7. The van der Waals surface area contributed by atoms with E-state index in [0.717, 1.165) is 17.1 Å². The molecule has 0 unspecified atom stereocenters. The van der Waals surface area contributed by atoms with E-state index in [1.54, 1.807) is 0 Å². The van der Waals surface area contributed by atoms with Crippen molar-refractivity contribution in [1.29, 1.82) is 0 Å². The Balaban J connectivity index is 0.971. The van der Waals surface area contributed by atoms with Gasteiger partial charge in [0.05, 0.1) is 11.0 Å². The van der Waals surface area contributed by atoms with Crippen LogP contribution in [0.5, 0.6) is 0 Å². The van der Waals surface area contributed by atoms with Crippen molar-refractivity contribution in [3.05, 3.63) is 230 Å². The molecule has 0 saturated heterocycles. The highest BCUT2D eigenvalue weighted by atomic mass is 15.1. The summed E-state index contributed by atoms with van der Waals surface area (Å²) in [6.07, 6.45) is 0. The molecule has 0 fully saturated rings. The smallest absolute Gasteiger partial charge is 0.0541 e. The Kier molecular flexibility index (Phi) is 7.92. The van der Waals surface area contributed by atoms with Crippen molar-refractivity contribution in [2.45, 2.75) is 19.3 Å². The number of nitrogens with zero attached hydrogens (tertiary/aromatic N) is 2. The van der Waals surface area contributed by atoms with E-state index in [1.165, 1.54) is 93.5 Å². The van der Waals surface area contributed by atoms with Gasteiger partial charge in [-0.2, -0.15) is 0 Å². The summed E-state index contributed by atoms with van der Waals surface area (Å²) in [6, 6.07) is 80.4. The third-order valence-electron chi connectivity index (χ3n) is 13.2. The van der Waals surface area contributed by atoms with Gasteiger partial charge in [0.1, 0.15) is 0 Å². The molecule has 0 saturated carbocycles. The van der Waals surface area contributed by atoms with E-state index in [1.807, 2.05) is 0 Å². The Morgan fingerprint density at radius 2 is 0.918 bits per heavy atom. The summed E-state index contributed by atoms with van der Waals surface area (Å²) >= 11 is 0. The van der Waals surface area contributed by atoms with Crippen molar-refractivity contribution in [3.8, 4) is 39.1 Å². The summed E-state index contributed by atoms with van der Waals surface area (Å²) in [6.45, 7) is 4.72. The van der Waals surface area contributed by atoms with Gasteiger partial charge in [0.2, 0.25) is 0 Å². The molecule has 1 heterocycles. The van der Waals surface area contributed by atoms with Crippen LogP contribution in [0.25, 0.3) is 82.4 Å². The van der Waals surface area contributed by atoms with Crippen LogP contribution in [-0.2, 0) is 5.41 Å². The molecule has 2 nitrogen and oxygen atoms in total. The second-order valence-corrected chi connectivity index (χ2v) is 16.9. The van der Waals surface area contributed by atoms with Crippen molar-refractivity contribution in [3.63, 3.8) is 0 Å². The molecule has 0 aliphatic heterocycles. The van der Waals surface area contributed by atoms with Gasteiger partial charge in [-0.15, -0.1) is 0 Å². The zero-order valence-corrected chi connectivity index (χ0v) is 34.2. The molecule has 1 aromatic heterocycles. The van der Waals surface area contributed by atoms with Crippen LogP contribution in [0.1, 0.15) is 25.0 Å². The van der Waals surface area contributed by atoms with E-state index in [2.05, 4.69) is 242 Å². The molecule has 0 spiro atoms. The third kappa shape index (κ3) is 5.56. The first-order chi connectivity index (χ1) is 30.0. The first kappa shape index (κ1) is 35.3. The molecule has 0 bridgehead atoms. The summed E-state index contributed by atoms with van der Waals surface area (Å²) in [5, 5.41) is 7.60. The van der Waals surface area contributed by atoms with Crippen molar-refractivity contribution in [2.24, 2.45) is 0 Å². The number of rotatable bonds is 6. The predicted octanol–water partition coefficient (Wildman–Crippen LogP) is 16.2. The predicted molar refractivity (Wildman–Crippen MR) is 259 cm³/mol. The van der Waals surface area contributed by atoms with Crippen LogP contribution in [-0.4, -0.2) is 4.57 Å². The second-order valence-electron chi connectivity index (χ2n) is 16.9. The summed E-state index contributed by atoms with van der Waals surface area (Å²) in [5.41, 5.74) is 17.1. The minimum absolute atomic E-state index is 0.110. The molecule has 11 aromatic rings. The van der Waals surface area contributed by atoms with Gasteiger partial charge in [0.15, 0.2) is 0 Å². The monoisotopic (exact) mass is 778 g/mol. The summed E-state index contributed by atoms with van der Waals surface area (Å²) in [4.78, 5) is 2.42. The van der Waals surface area contributed by atoms with Gasteiger partial charge in [-0.25, -0.2) is 0 Å². The normalized spacial score (nSPS) is 12.9. The Labute approximate surface area is 356 Å². The van der Waals surface area contributed by atoms with Crippen LogP contribution in [0.4, 0.5) is 17.1 Å². The Morgan fingerprint density at radius 3 is 1.70 bits per heavy atom. The molecule has 1 aliphatic rings.